The zero-order valence-corrected chi connectivity index (χ0v) is 16.1. The minimum atomic E-state index is -0.0342. The van der Waals surface area contributed by atoms with Gasteiger partial charge in [-0.05, 0) is 43.2 Å². The van der Waals surface area contributed by atoms with Crippen LogP contribution in [-0.4, -0.2) is 16.1 Å². The Labute approximate surface area is 161 Å². The molecule has 6 heteroatoms. The zero-order chi connectivity index (χ0) is 18.4. The summed E-state index contributed by atoms with van der Waals surface area (Å²) in [5, 5.41) is 11.1. The van der Waals surface area contributed by atoms with Gasteiger partial charge in [-0.2, -0.15) is 0 Å². The Bertz CT molecular complexity index is 864. The SMILES string of the molecule is CC(NC(=O)CCCc1nnc(-c2ccccc2)o1)c1cccc(Br)c1. The molecule has 1 heterocycles. The van der Waals surface area contributed by atoms with E-state index < -0.39 is 0 Å². The van der Waals surface area contributed by atoms with E-state index in [1.807, 2.05) is 61.5 Å². The van der Waals surface area contributed by atoms with E-state index in [-0.39, 0.29) is 11.9 Å². The van der Waals surface area contributed by atoms with Gasteiger partial charge < -0.3 is 9.73 Å². The summed E-state index contributed by atoms with van der Waals surface area (Å²) in [5.74, 6) is 1.07. The summed E-state index contributed by atoms with van der Waals surface area (Å²) in [4.78, 5) is 12.1. The van der Waals surface area contributed by atoms with Gasteiger partial charge in [0.1, 0.15) is 0 Å². The van der Waals surface area contributed by atoms with Crippen LogP contribution in [0.4, 0.5) is 0 Å². The van der Waals surface area contributed by atoms with Crippen LogP contribution in [0.2, 0.25) is 0 Å². The van der Waals surface area contributed by atoms with Gasteiger partial charge in [-0.1, -0.05) is 46.3 Å². The van der Waals surface area contributed by atoms with Crippen LogP contribution >= 0.6 is 15.9 Å². The molecule has 3 aromatic rings. The van der Waals surface area contributed by atoms with Crippen molar-refractivity contribution in [2.45, 2.75) is 32.2 Å². The molecule has 0 spiro atoms. The molecule has 5 nitrogen and oxygen atoms in total. The van der Waals surface area contributed by atoms with E-state index in [1.165, 1.54) is 0 Å². The number of aryl methyl sites for hydroxylation is 1. The van der Waals surface area contributed by atoms with Gasteiger partial charge in [-0.25, -0.2) is 0 Å². The molecule has 1 unspecified atom stereocenters. The Morgan fingerprint density at radius 2 is 1.96 bits per heavy atom. The van der Waals surface area contributed by atoms with Gasteiger partial charge in [0.25, 0.3) is 0 Å². The number of hydrogen-bond donors (Lipinski definition) is 1. The van der Waals surface area contributed by atoms with Crippen molar-refractivity contribution in [1.82, 2.24) is 15.5 Å². The molecule has 1 atom stereocenters. The van der Waals surface area contributed by atoms with Crippen LogP contribution < -0.4 is 5.32 Å². The molecule has 0 aliphatic heterocycles. The normalized spacial score (nSPS) is 11.9. The predicted octanol–water partition coefficient (Wildman–Crippen LogP) is 4.70. The van der Waals surface area contributed by atoms with Crippen molar-refractivity contribution in [3.63, 3.8) is 0 Å². The summed E-state index contributed by atoms with van der Waals surface area (Å²) in [6.07, 6.45) is 1.66. The van der Waals surface area contributed by atoms with E-state index in [9.17, 15) is 4.79 Å². The smallest absolute Gasteiger partial charge is 0.247 e. The fraction of sp³-hybridized carbons (Fsp3) is 0.250. The fourth-order valence-electron chi connectivity index (χ4n) is 2.63. The molecule has 0 aliphatic carbocycles. The number of amides is 1. The number of benzene rings is 2. The van der Waals surface area contributed by atoms with Gasteiger partial charge >= 0.3 is 0 Å². The third kappa shape index (κ3) is 5.02. The highest BCUT2D eigenvalue weighted by atomic mass is 79.9. The number of carbonyl (C=O) groups is 1. The summed E-state index contributed by atoms with van der Waals surface area (Å²) < 4.78 is 6.66. The van der Waals surface area contributed by atoms with Gasteiger partial charge in [0.05, 0.1) is 6.04 Å². The maximum Gasteiger partial charge on any atom is 0.247 e. The molecule has 1 amide bonds. The number of carbonyl (C=O) groups excluding carboxylic acids is 1. The van der Waals surface area contributed by atoms with Crippen LogP contribution in [-0.2, 0) is 11.2 Å². The summed E-state index contributed by atoms with van der Waals surface area (Å²) in [6, 6.07) is 17.5. The highest BCUT2D eigenvalue weighted by molar-refractivity contribution is 9.10. The lowest BCUT2D eigenvalue weighted by Gasteiger charge is -2.14. The van der Waals surface area contributed by atoms with E-state index >= 15 is 0 Å². The van der Waals surface area contributed by atoms with Gasteiger partial charge in [0, 0.05) is 22.9 Å². The van der Waals surface area contributed by atoms with Gasteiger partial charge in [0.15, 0.2) is 0 Å². The lowest BCUT2D eigenvalue weighted by Crippen LogP contribution is -2.26. The van der Waals surface area contributed by atoms with Crippen LogP contribution in [0.1, 0.15) is 37.3 Å². The zero-order valence-electron chi connectivity index (χ0n) is 14.5. The second kappa shape index (κ2) is 8.76. The van der Waals surface area contributed by atoms with E-state index in [2.05, 4.69) is 31.4 Å². The van der Waals surface area contributed by atoms with Crippen LogP contribution in [0.15, 0.2) is 63.5 Å². The largest absolute Gasteiger partial charge is 0.421 e. The Hall–Kier alpha value is -2.47. The quantitative estimate of drug-likeness (QED) is 0.609. The van der Waals surface area contributed by atoms with Crippen molar-refractivity contribution in [3.8, 4) is 11.5 Å². The molecule has 0 aliphatic rings. The first-order valence-electron chi connectivity index (χ1n) is 8.54. The molecule has 0 saturated carbocycles. The van der Waals surface area contributed by atoms with Crippen LogP contribution in [0, 0.1) is 0 Å². The Morgan fingerprint density at radius 3 is 2.73 bits per heavy atom. The van der Waals surface area contributed by atoms with Gasteiger partial charge in [0.2, 0.25) is 17.7 Å². The van der Waals surface area contributed by atoms with Crippen LogP contribution in [0.25, 0.3) is 11.5 Å². The van der Waals surface area contributed by atoms with Gasteiger partial charge in [-0.15, -0.1) is 10.2 Å². The van der Waals surface area contributed by atoms with Crippen molar-refractivity contribution in [2.75, 3.05) is 0 Å². The average Bonchev–Trinajstić information content (AvgIpc) is 3.11. The molecule has 0 fully saturated rings. The first-order chi connectivity index (χ1) is 12.6. The number of halogens is 1. The molecule has 0 bridgehead atoms. The van der Waals surface area contributed by atoms with Crippen molar-refractivity contribution in [2.24, 2.45) is 0 Å². The summed E-state index contributed by atoms with van der Waals surface area (Å²) in [7, 11) is 0. The molecule has 2 aromatic carbocycles. The molecule has 3 rings (SSSR count). The number of rotatable bonds is 7. The third-order valence-corrected chi connectivity index (χ3v) is 4.50. The topological polar surface area (TPSA) is 68.0 Å². The Kier molecular flexibility index (Phi) is 6.17. The first kappa shape index (κ1) is 18.3. The van der Waals surface area contributed by atoms with Crippen molar-refractivity contribution in [1.29, 1.82) is 0 Å². The lowest BCUT2D eigenvalue weighted by molar-refractivity contribution is -0.121. The number of aromatic nitrogens is 2. The molecular weight excluding hydrogens is 394 g/mol. The summed E-state index contributed by atoms with van der Waals surface area (Å²) in [6.45, 7) is 1.98. The predicted molar refractivity (Wildman–Crippen MR) is 103 cm³/mol. The molecule has 0 saturated heterocycles. The van der Waals surface area contributed by atoms with E-state index in [0.29, 0.717) is 31.0 Å². The summed E-state index contributed by atoms with van der Waals surface area (Å²) in [5.41, 5.74) is 1.96. The second-order valence-electron chi connectivity index (χ2n) is 6.06. The fourth-order valence-corrected chi connectivity index (χ4v) is 3.04. The van der Waals surface area contributed by atoms with Crippen molar-refractivity contribution >= 4 is 21.8 Å². The second-order valence-corrected chi connectivity index (χ2v) is 6.98. The molecule has 26 heavy (non-hydrogen) atoms. The molecule has 134 valence electrons. The first-order valence-corrected chi connectivity index (χ1v) is 9.34. The molecule has 0 radical (unpaired) electrons. The van der Waals surface area contributed by atoms with E-state index in [0.717, 1.165) is 15.6 Å². The van der Waals surface area contributed by atoms with Crippen LogP contribution in [0.5, 0.6) is 0 Å². The molecule has 1 N–H and O–H groups in total. The van der Waals surface area contributed by atoms with Crippen molar-refractivity contribution in [3.05, 3.63) is 70.5 Å². The molecular formula is C20H20BrN3O2. The van der Waals surface area contributed by atoms with Gasteiger partial charge in [-0.3, -0.25) is 4.79 Å². The Balaban J connectivity index is 1.46. The standard InChI is InChI=1S/C20H20BrN3O2/c1-14(16-9-5-10-17(21)13-16)22-18(25)11-6-12-19-23-24-20(26-19)15-7-3-2-4-8-15/h2-5,7-10,13-14H,6,11-12H2,1H3,(H,22,25). The number of nitrogens with zero attached hydrogens (tertiary/aromatic N) is 2. The minimum Gasteiger partial charge on any atom is -0.421 e. The highest BCUT2D eigenvalue weighted by Gasteiger charge is 2.12. The monoisotopic (exact) mass is 413 g/mol. The maximum atomic E-state index is 12.1. The minimum absolute atomic E-state index is 0.0141. The maximum absolute atomic E-state index is 12.1. The third-order valence-electron chi connectivity index (χ3n) is 4.01. The molecule has 1 aromatic heterocycles. The highest BCUT2D eigenvalue weighted by Crippen LogP contribution is 2.19. The van der Waals surface area contributed by atoms with E-state index in [1.54, 1.807) is 0 Å². The number of nitrogens with one attached hydrogen (secondary N) is 1. The Morgan fingerprint density at radius 1 is 1.15 bits per heavy atom. The summed E-state index contributed by atoms with van der Waals surface area (Å²) >= 11 is 3.45. The van der Waals surface area contributed by atoms with Crippen LogP contribution in [0.3, 0.4) is 0 Å². The van der Waals surface area contributed by atoms with E-state index in [4.69, 9.17) is 4.42 Å². The lowest BCUT2D eigenvalue weighted by atomic mass is 10.1. The van der Waals surface area contributed by atoms with Crippen molar-refractivity contribution < 1.29 is 9.21 Å². The average molecular weight is 414 g/mol. The number of hydrogen-bond acceptors (Lipinski definition) is 4.